The molecule has 3 rings (SSSR count). The monoisotopic (exact) mass is 350 g/mol. The molecule has 2 aromatic heterocycles. The van der Waals surface area contributed by atoms with Crippen molar-refractivity contribution in [2.24, 2.45) is 0 Å². The molecule has 0 atom stereocenters. The summed E-state index contributed by atoms with van der Waals surface area (Å²) in [7, 11) is 0. The fourth-order valence-electron chi connectivity index (χ4n) is 2.61. The van der Waals surface area contributed by atoms with Gasteiger partial charge in [0.2, 0.25) is 0 Å². The number of carbonyl (C=O) groups is 1. The van der Waals surface area contributed by atoms with Crippen LogP contribution in [0, 0.1) is 13.8 Å². The molecule has 1 amide bonds. The van der Waals surface area contributed by atoms with E-state index in [4.69, 9.17) is 5.11 Å². The fraction of sp³-hybridized carbons (Fsp3) is 0.188. The molecule has 2 heterocycles. The van der Waals surface area contributed by atoms with E-state index in [1.807, 2.05) is 0 Å². The van der Waals surface area contributed by atoms with Crippen molar-refractivity contribution >= 4 is 17.6 Å². The molecule has 0 saturated heterocycles. The lowest BCUT2D eigenvalue weighted by Gasteiger charge is -2.13. The van der Waals surface area contributed by atoms with Crippen LogP contribution in [0.15, 0.2) is 30.3 Å². The molecule has 1 aromatic carbocycles. The molecule has 0 bridgehead atoms. The molecule has 0 saturated carbocycles. The third-order valence-corrected chi connectivity index (χ3v) is 3.68. The highest BCUT2D eigenvalue weighted by atomic mass is 19.4. The Hall–Kier alpha value is -3.10. The number of carboxylic acid groups (broad SMARTS) is 1. The van der Waals surface area contributed by atoms with E-state index in [2.05, 4.69) is 15.4 Å². The number of benzene rings is 1. The Morgan fingerprint density at radius 3 is 2.56 bits per heavy atom. The van der Waals surface area contributed by atoms with Gasteiger partial charge in [-0.15, -0.1) is 0 Å². The number of halogens is 3. The maximum Gasteiger partial charge on any atom is 0.417 e. The molecule has 130 valence electrons. The quantitative estimate of drug-likeness (QED) is 0.729. The molecule has 6 nitrogen and oxygen atoms in total. The number of hydrogen-bond donors (Lipinski definition) is 2. The summed E-state index contributed by atoms with van der Waals surface area (Å²) >= 11 is 0. The number of aryl methyl sites for hydroxylation is 2. The van der Waals surface area contributed by atoms with Crippen LogP contribution in [0.1, 0.15) is 16.8 Å². The van der Waals surface area contributed by atoms with Crippen LogP contribution in [0.2, 0.25) is 0 Å². The van der Waals surface area contributed by atoms with Gasteiger partial charge in [0.1, 0.15) is 0 Å². The summed E-state index contributed by atoms with van der Waals surface area (Å²) in [5.74, 6) is 0.0944. The Labute approximate surface area is 139 Å². The van der Waals surface area contributed by atoms with E-state index in [-0.39, 0.29) is 17.1 Å². The van der Waals surface area contributed by atoms with Crippen LogP contribution in [0.5, 0.6) is 0 Å². The number of rotatable bonds is 2. The minimum Gasteiger partial charge on any atom is -0.465 e. The number of aromatic nitrogens is 3. The number of amides is 1. The molecular weight excluding hydrogens is 337 g/mol. The Kier molecular flexibility index (Phi) is 3.86. The highest BCUT2D eigenvalue weighted by molar-refractivity contribution is 5.83. The number of imidazole rings is 1. The van der Waals surface area contributed by atoms with Gasteiger partial charge in [0.15, 0.2) is 11.5 Å². The summed E-state index contributed by atoms with van der Waals surface area (Å²) in [5, 5.41) is 15.3. The molecule has 0 aliphatic rings. The zero-order chi connectivity index (χ0) is 18.4. The van der Waals surface area contributed by atoms with Crippen LogP contribution < -0.4 is 5.32 Å². The van der Waals surface area contributed by atoms with Crippen LogP contribution in [0.3, 0.4) is 0 Å². The Balaban J connectivity index is 2.28. The second kappa shape index (κ2) is 5.76. The Morgan fingerprint density at radius 1 is 1.24 bits per heavy atom. The van der Waals surface area contributed by atoms with Gasteiger partial charge in [-0.2, -0.15) is 22.8 Å². The minimum absolute atomic E-state index is 0.0729. The van der Waals surface area contributed by atoms with Gasteiger partial charge in [-0.1, -0.05) is 18.2 Å². The van der Waals surface area contributed by atoms with Crippen LogP contribution in [-0.4, -0.2) is 25.8 Å². The van der Waals surface area contributed by atoms with Crippen molar-refractivity contribution in [3.05, 3.63) is 47.2 Å². The maximum atomic E-state index is 13.3. The van der Waals surface area contributed by atoms with Gasteiger partial charge in [-0.25, -0.2) is 9.78 Å². The standard InChI is InChI=1S/C16H13F3N4O2/c1-8-7-12(10-5-3-4-6-11(10)16(17,18)19)22-23-13(8)20-9(2)14(23)21-15(24)25/h3-7,21H,1-2H3,(H,24,25). The molecule has 0 fully saturated rings. The third-order valence-electron chi connectivity index (χ3n) is 3.68. The summed E-state index contributed by atoms with van der Waals surface area (Å²) in [6.07, 6.45) is -5.85. The largest absolute Gasteiger partial charge is 0.465 e. The molecule has 0 spiro atoms. The van der Waals surface area contributed by atoms with Crippen LogP contribution in [-0.2, 0) is 6.18 Å². The number of hydrogen-bond acceptors (Lipinski definition) is 3. The molecule has 9 heteroatoms. The second-order valence-electron chi connectivity index (χ2n) is 5.47. The zero-order valence-corrected chi connectivity index (χ0v) is 13.2. The summed E-state index contributed by atoms with van der Waals surface area (Å²) in [6, 6.07) is 6.59. The Bertz CT molecular complexity index is 979. The highest BCUT2D eigenvalue weighted by Crippen LogP contribution is 2.36. The van der Waals surface area contributed by atoms with Crippen molar-refractivity contribution in [3.63, 3.8) is 0 Å². The fourth-order valence-corrected chi connectivity index (χ4v) is 2.61. The van der Waals surface area contributed by atoms with Crippen molar-refractivity contribution < 1.29 is 23.1 Å². The molecule has 3 aromatic rings. The number of alkyl halides is 3. The first-order valence-corrected chi connectivity index (χ1v) is 7.22. The average Bonchev–Trinajstić information content (AvgIpc) is 2.83. The molecular formula is C16H13F3N4O2. The highest BCUT2D eigenvalue weighted by Gasteiger charge is 2.34. The van der Waals surface area contributed by atoms with Crippen molar-refractivity contribution in [2.75, 3.05) is 5.32 Å². The lowest BCUT2D eigenvalue weighted by Crippen LogP contribution is -2.12. The number of anilines is 1. The molecule has 0 unspecified atom stereocenters. The van der Waals surface area contributed by atoms with Crippen molar-refractivity contribution in [1.29, 1.82) is 0 Å². The van der Waals surface area contributed by atoms with Gasteiger partial charge < -0.3 is 5.11 Å². The van der Waals surface area contributed by atoms with Gasteiger partial charge in [-0.05, 0) is 31.5 Å². The second-order valence-corrected chi connectivity index (χ2v) is 5.47. The van der Waals surface area contributed by atoms with E-state index in [9.17, 15) is 18.0 Å². The zero-order valence-electron chi connectivity index (χ0n) is 13.2. The van der Waals surface area contributed by atoms with E-state index < -0.39 is 17.8 Å². The SMILES string of the molecule is Cc1nc2c(C)cc(-c3ccccc3C(F)(F)F)nn2c1NC(=O)O. The molecule has 0 aliphatic carbocycles. The number of nitrogens with zero attached hydrogens (tertiary/aromatic N) is 3. The van der Waals surface area contributed by atoms with Crippen LogP contribution in [0.25, 0.3) is 16.9 Å². The molecule has 2 N–H and O–H groups in total. The Morgan fingerprint density at radius 2 is 1.92 bits per heavy atom. The lowest BCUT2D eigenvalue weighted by atomic mass is 10.0. The summed E-state index contributed by atoms with van der Waals surface area (Å²) < 4.78 is 41.0. The predicted octanol–water partition coefficient (Wildman–Crippen LogP) is 4.12. The van der Waals surface area contributed by atoms with E-state index in [1.165, 1.54) is 28.8 Å². The topological polar surface area (TPSA) is 79.5 Å². The minimum atomic E-state index is -4.53. The summed E-state index contributed by atoms with van der Waals surface area (Å²) in [4.78, 5) is 15.2. The van der Waals surface area contributed by atoms with E-state index >= 15 is 0 Å². The molecule has 25 heavy (non-hydrogen) atoms. The average molecular weight is 350 g/mol. The van der Waals surface area contributed by atoms with E-state index in [0.717, 1.165) is 6.07 Å². The first-order chi connectivity index (χ1) is 11.7. The van der Waals surface area contributed by atoms with Crippen LogP contribution >= 0.6 is 0 Å². The van der Waals surface area contributed by atoms with Gasteiger partial charge in [-0.3, -0.25) is 5.32 Å². The van der Waals surface area contributed by atoms with Gasteiger partial charge in [0.05, 0.1) is 17.0 Å². The normalized spacial score (nSPS) is 11.7. The maximum absolute atomic E-state index is 13.3. The van der Waals surface area contributed by atoms with Crippen molar-refractivity contribution in [1.82, 2.24) is 14.6 Å². The van der Waals surface area contributed by atoms with Gasteiger partial charge >= 0.3 is 12.3 Å². The summed E-state index contributed by atoms with van der Waals surface area (Å²) in [5.41, 5.74) is 0.486. The smallest absolute Gasteiger partial charge is 0.417 e. The first kappa shape index (κ1) is 16.7. The van der Waals surface area contributed by atoms with Gasteiger partial charge in [0, 0.05) is 5.56 Å². The third kappa shape index (κ3) is 3.00. The molecule has 0 radical (unpaired) electrons. The lowest BCUT2D eigenvalue weighted by molar-refractivity contribution is -0.137. The molecule has 0 aliphatic heterocycles. The van der Waals surface area contributed by atoms with Crippen LogP contribution in [0.4, 0.5) is 23.8 Å². The van der Waals surface area contributed by atoms with Gasteiger partial charge in [0.25, 0.3) is 0 Å². The number of fused-ring (bicyclic) bond motifs is 1. The van der Waals surface area contributed by atoms with Crippen molar-refractivity contribution in [3.8, 4) is 11.3 Å². The number of nitrogens with one attached hydrogen (secondary N) is 1. The predicted molar refractivity (Wildman–Crippen MR) is 84.5 cm³/mol. The van der Waals surface area contributed by atoms with E-state index in [0.29, 0.717) is 16.9 Å². The van der Waals surface area contributed by atoms with Crippen molar-refractivity contribution in [2.45, 2.75) is 20.0 Å². The van der Waals surface area contributed by atoms with E-state index in [1.54, 1.807) is 13.8 Å². The first-order valence-electron chi connectivity index (χ1n) is 7.22. The summed E-state index contributed by atoms with van der Waals surface area (Å²) in [6.45, 7) is 3.26.